The summed E-state index contributed by atoms with van der Waals surface area (Å²) >= 11 is 0. The highest BCUT2D eigenvalue weighted by Crippen LogP contribution is 2.08. The van der Waals surface area contributed by atoms with Crippen LogP contribution >= 0.6 is 0 Å². The van der Waals surface area contributed by atoms with E-state index in [0.29, 0.717) is 19.7 Å². The van der Waals surface area contributed by atoms with Gasteiger partial charge in [-0.2, -0.15) is 0 Å². The molecule has 12 heavy (non-hydrogen) atoms. The number of likely N-dealkylation sites (tertiary alicyclic amines) is 1. The average molecular weight is 175 g/mol. The molecule has 0 aliphatic carbocycles. The number of methoxy groups -OCH3 is 1. The van der Waals surface area contributed by atoms with Crippen LogP contribution in [0.15, 0.2) is 0 Å². The van der Waals surface area contributed by atoms with Crippen molar-refractivity contribution in [2.75, 3.05) is 33.4 Å². The van der Waals surface area contributed by atoms with Crippen molar-refractivity contribution >= 4 is 0 Å². The third-order valence-electron chi connectivity index (χ3n) is 2.08. The number of nitrogens with zero attached hydrogens (tertiary/aromatic N) is 1. The second-order valence-corrected chi connectivity index (χ2v) is 3.31. The van der Waals surface area contributed by atoms with Crippen LogP contribution in [-0.2, 0) is 4.74 Å². The van der Waals surface area contributed by atoms with Crippen molar-refractivity contribution < 1.29 is 14.9 Å². The molecule has 72 valence electrons. The molecule has 1 rings (SSSR count). The molecule has 2 N–H and O–H groups in total. The van der Waals surface area contributed by atoms with Gasteiger partial charge in [-0.1, -0.05) is 0 Å². The Morgan fingerprint density at radius 2 is 2.42 bits per heavy atom. The number of rotatable bonds is 4. The predicted molar refractivity (Wildman–Crippen MR) is 44.9 cm³/mol. The van der Waals surface area contributed by atoms with E-state index in [2.05, 4.69) is 0 Å². The Morgan fingerprint density at radius 1 is 1.67 bits per heavy atom. The van der Waals surface area contributed by atoms with Crippen molar-refractivity contribution in [1.29, 1.82) is 0 Å². The van der Waals surface area contributed by atoms with Crippen molar-refractivity contribution in [3.8, 4) is 0 Å². The SMILES string of the molecule is COCC(O)CN1CCC(O)C1. The van der Waals surface area contributed by atoms with Crippen molar-refractivity contribution in [1.82, 2.24) is 4.90 Å². The second-order valence-electron chi connectivity index (χ2n) is 3.31. The normalized spacial score (nSPS) is 27.8. The lowest BCUT2D eigenvalue weighted by Crippen LogP contribution is -2.33. The van der Waals surface area contributed by atoms with Gasteiger partial charge in [0.25, 0.3) is 0 Å². The van der Waals surface area contributed by atoms with Crippen LogP contribution in [0.1, 0.15) is 6.42 Å². The minimum absolute atomic E-state index is 0.209. The van der Waals surface area contributed by atoms with Crippen LogP contribution in [0.3, 0.4) is 0 Å². The van der Waals surface area contributed by atoms with Gasteiger partial charge < -0.3 is 14.9 Å². The molecule has 0 saturated carbocycles. The Morgan fingerprint density at radius 3 is 2.92 bits per heavy atom. The molecule has 0 aromatic heterocycles. The van der Waals surface area contributed by atoms with Crippen molar-refractivity contribution in [2.24, 2.45) is 0 Å². The fraction of sp³-hybridized carbons (Fsp3) is 1.00. The summed E-state index contributed by atoms with van der Waals surface area (Å²) in [7, 11) is 1.57. The highest BCUT2D eigenvalue weighted by Gasteiger charge is 2.21. The van der Waals surface area contributed by atoms with E-state index in [9.17, 15) is 10.2 Å². The number of hydrogen-bond acceptors (Lipinski definition) is 4. The Kier molecular flexibility index (Phi) is 3.94. The molecule has 4 nitrogen and oxygen atoms in total. The standard InChI is InChI=1S/C8H17NO3/c1-12-6-8(11)5-9-3-2-7(10)4-9/h7-8,10-11H,2-6H2,1H3. The van der Waals surface area contributed by atoms with Crippen LogP contribution in [0.4, 0.5) is 0 Å². The molecule has 1 fully saturated rings. The maximum Gasteiger partial charge on any atom is 0.0900 e. The summed E-state index contributed by atoms with van der Waals surface area (Å²) in [5, 5.41) is 18.5. The number of β-amino-alcohol motifs (C(OH)–C–C–N with tert-alkyl or cyclic N) is 2. The summed E-state index contributed by atoms with van der Waals surface area (Å²) in [5.41, 5.74) is 0. The summed E-state index contributed by atoms with van der Waals surface area (Å²) in [4.78, 5) is 2.05. The Labute approximate surface area is 72.7 Å². The molecule has 0 aromatic rings. The van der Waals surface area contributed by atoms with Crippen LogP contribution in [0.5, 0.6) is 0 Å². The van der Waals surface area contributed by atoms with Gasteiger partial charge in [0.2, 0.25) is 0 Å². The first-order valence-electron chi connectivity index (χ1n) is 4.29. The van der Waals surface area contributed by atoms with Gasteiger partial charge in [-0.15, -0.1) is 0 Å². The van der Waals surface area contributed by atoms with Crippen molar-refractivity contribution in [3.05, 3.63) is 0 Å². The minimum atomic E-state index is -0.430. The summed E-state index contributed by atoms with van der Waals surface area (Å²) in [6.45, 7) is 2.53. The smallest absolute Gasteiger partial charge is 0.0900 e. The van der Waals surface area contributed by atoms with E-state index >= 15 is 0 Å². The summed E-state index contributed by atoms with van der Waals surface area (Å²) in [6.07, 6.45) is 0.180. The maximum absolute atomic E-state index is 9.35. The van der Waals surface area contributed by atoms with Crippen molar-refractivity contribution in [3.63, 3.8) is 0 Å². The molecule has 1 aliphatic rings. The Balaban J connectivity index is 2.14. The highest BCUT2D eigenvalue weighted by atomic mass is 16.5. The first-order valence-corrected chi connectivity index (χ1v) is 4.29. The van der Waals surface area contributed by atoms with E-state index in [4.69, 9.17) is 4.74 Å². The van der Waals surface area contributed by atoms with Gasteiger partial charge in [0.1, 0.15) is 0 Å². The van der Waals surface area contributed by atoms with Crippen LogP contribution in [0.2, 0.25) is 0 Å². The molecular weight excluding hydrogens is 158 g/mol. The number of aliphatic hydroxyl groups is 2. The third-order valence-corrected chi connectivity index (χ3v) is 2.08. The zero-order valence-corrected chi connectivity index (χ0v) is 7.44. The summed E-state index contributed by atoms with van der Waals surface area (Å²) in [5.74, 6) is 0. The van der Waals surface area contributed by atoms with Crippen molar-refractivity contribution in [2.45, 2.75) is 18.6 Å². The fourth-order valence-electron chi connectivity index (χ4n) is 1.52. The number of aliphatic hydroxyl groups excluding tert-OH is 2. The lowest BCUT2D eigenvalue weighted by atomic mass is 10.3. The monoisotopic (exact) mass is 175 g/mol. The zero-order chi connectivity index (χ0) is 8.97. The topological polar surface area (TPSA) is 52.9 Å². The van der Waals surface area contributed by atoms with Crippen LogP contribution in [0.25, 0.3) is 0 Å². The highest BCUT2D eigenvalue weighted by molar-refractivity contribution is 4.76. The van der Waals surface area contributed by atoms with E-state index in [1.54, 1.807) is 7.11 Å². The summed E-state index contributed by atoms with van der Waals surface area (Å²) < 4.78 is 4.80. The molecule has 0 radical (unpaired) electrons. The molecule has 1 saturated heterocycles. The van der Waals surface area contributed by atoms with E-state index in [1.165, 1.54) is 0 Å². The fourth-order valence-corrected chi connectivity index (χ4v) is 1.52. The Bertz CT molecular complexity index is 131. The maximum atomic E-state index is 9.35. The van der Waals surface area contributed by atoms with E-state index in [-0.39, 0.29) is 6.10 Å². The lowest BCUT2D eigenvalue weighted by molar-refractivity contribution is 0.0401. The zero-order valence-electron chi connectivity index (χ0n) is 7.44. The minimum Gasteiger partial charge on any atom is -0.392 e. The molecule has 1 aliphatic heterocycles. The van der Waals surface area contributed by atoms with Gasteiger partial charge in [0.15, 0.2) is 0 Å². The molecule has 4 heteroatoms. The number of hydrogen-bond donors (Lipinski definition) is 2. The molecule has 0 aromatic carbocycles. The first kappa shape index (κ1) is 9.92. The van der Waals surface area contributed by atoms with Gasteiger partial charge in [0, 0.05) is 26.7 Å². The third kappa shape index (κ3) is 3.06. The summed E-state index contributed by atoms with van der Waals surface area (Å²) in [6, 6.07) is 0. The largest absolute Gasteiger partial charge is 0.392 e. The predicted octanol–water partition coefficient (Wildman–Crippen LogP) is -0.940. The van der Waals surface area contributed by atoms with Gasteiger partial charge >= 0.3 is 0 Å². The van der Waals surface area contributed by atoms with E-state index in [0.717, 1.165) is 13.0 Å². The van der Waals surface area contributed by atoms with Gasteiger partial charge in [-0.05, 0) is 6.42 Å². The van der Waals surface area contributed by atoms with E-state index in [1.807, 2.05) is 4.90 Å². The van der Waals surface area contributed by atoms with E-state index < -0.39 is 6.10 Å². The molecule has 0 bridgehead atoms. The molecule has 2 atom stereocenters. The molecule has 0 spiro atoms. The molecule has 2 unspecified atom stereocenters. The van der Waals surface area contributed by atoms with Gasteiger partial charge in [-0.3, -0.25) is 4.90 Å². The van der Waals surface area contributed by atoms with Gasteiger partial charge in [0.05, 0.1) is 18.8 Å². The molecule has 0 amide bonds. The first-order chi connectivity index (χ1) is 5.72. The van der Waals surface area contributed by atoms with Crippen LogP contribution in [0, 0.1) is 0 Å². The second kappa shape index (κ2) is 4.77. The average Bonchev–Trinajstić information content (AvgIpc) is 2.36. The number of ether oxygens (including phenoxy) is 1. The molecular formula is C8H17NO3. The lowest BCUT2D eigenvalue weighted by Gasteiger charge is -2.18. The van der Waals surface area contributed by atoms with Crippen LogP contribution < -0.4 is 0 Å². The quantitative estimate of drug-likeness (QED) is 0.579. The molecule has 1 heterocycles. The van der Waals surface area contributed by atoms with Gasteiger partial charge in [-0.25, -0.2) is 0 Å². The Hall–Kier alpha value is -0.160. The van der Waals surface area contributed by atoms with Crippen LogP contribution in [-0.4, -0.2) is 60.7 Å².